The quantitative estimate of drug-likeness (QED) is 0.171. The average Bonchev–Trinajstić information content (AvgIpc) is 3.83. The minimum Gasteiger partial charge on any atom is -0.455 e. The fourth-order valence-electron chi connectivity index (χ4n) is 7.95. The Hall–Kier alpha value is -7.70. The second kappa shape index (κ2) is 13.0. The molecule has 4 aromatic heterocycles. The molecule has 0 unspecified atom stereocenters. The Balaban J connectivity index is 1.17. The third kappa shape index (κ3) is 5.27. The molecule has 6 nitrogen and oxygen atoms in total. The first-order chi connectivity index (χ1) is 27.8. The molecule has 6 heteroatoms. The van der Waals surface area contributed by atoms with Crippen molar-refractivity contribution in [3.63, 3.8) is 0 Å². The van der Waals surface area contributed by atoms with Crippen molar-refractivity contribution in [2.75, 3.05) is 0 Å². The Bertz CT molecular complexity index is 3170. The zero-order valence-electron chi connectivity index (χ0n) is 30.0. The van der Waals surface area contributed by atoms with Gasteiger partial charge in [0.15, 0.2) is 17.5 Å². The summed E-state index contributed by atoms with van der Waals surface area (Å²) in [5.41, 5.74) is 11.9. The molecule has 0 saturated heterocycles. The zero-order valence-corrected chi connectivity index (χ0v) is 30.0. The third-order valence-electron chi connectivity index (χ3n) is 10.5. The highest BCUT2D eigenvalue weighted by Crippen LogP contribution is 2.44. The van der Waals surface area contributed by atoms with Crippen LogP contribution in [-0.2, 0) is 0 Å². The van der Waals surface area contributed by atoms with Gasteiger partial charge >= 0.3 is 0 Å². The highest BCUT2D eigenvalue weighted by molar-refractivity contribution is 6.17. The molecule has 0 amide bonds. The van der Waals surface area contributed by atoms with Gasteiger partial charge in [-0.25, -0.2) is 15.0 Å². The van der Waals surface area contributed by atoms with Crippen molar-refractivity contribution < 1.29 is 4.42 Å². The molecule has 0 radical (unpaired) electrons. The van der Waals surface area contributed by atoms with Crippen molar-refractivity contribution in [1.29, 1.82) is 0 Å². The minimum atomic E-state index is 0.585. The predicted octanol–water partition coefficient (Wildman–Crippen LogP) is 12.6. The van der Waals surface area contributed by atoms with Crippen LogP contribution in [0, 0.1) is 0 Å². The lowest BCUT2D eigenvalue weighted by molar-refractivity contribution is 0.670. The topological polar surface area (TPSA) is 69.6 Å². The molecule has 0 bridgehead atoms. The van der Waals surface area contributed by atoms with Crippen LogP contribution in [0.3, 0.4) is 0 Å². The third-order valence-corrected chi connectivity index (χ3v) is 10.5. The van der Waals surface area contributed by atoms with Crippen LogP contribution >= 0.6 is 0 Å². The largest absolute Gasteiger partial charge is 0.455 e. The van der Waals surface area contributed by atoms with E-state index >= 15 is 0 Å². The van der Waals surface area contributed by atoms with Gasteiger partial charge in [-0.3, -0.25) is 4.98 Å². The van der Waals surface area contributed by atoms with Crippen molar-refractivity contribution in [2.24, 2.45) is 0 Å². The molecule has 0 saturated carbocycles. The summed E-state index contributed by atoms with van der Waals surface area (Å²) >= 11 is 0. The number of pyridine rings is 1. The fraction of sp³-hybridized carbons (Fsp3) is 0. The summed E-state index contributed by atoms with van der Waals surface area (Å²) in [7, 11) is 0. The lowest BCUT2D eigenvalue weighted by Gasteiger charge is -2.11. The van der Waals surface area contributed by atoms with Gasteiger partial charge in [0.25, 0.3) is 0 Å². The number of furan rings is 1. The van der Waals surface area contributed by atoms with E-state index in [9.17, 15) is 0 Å². The SMILES string of the molecule is c1ccc(-c2nc(-c3ccccc3)nc(-c3cccc4oc5c(-c6ccccc6)cc(-c6ccc7c(c6)c6ccncc6n7-c6ccccc6)cc5c34)n2)cc1. The first-order valence-corrected chi connectivity index (χ1v) is 18.6. The van der Waals surface area contributed by atoms with Gasteiger partial charge < -0.3 is 8.98 Å². The van der Waals surface area contributed by atoms with Crippen LogP contribution in [0.2, 0.25) is 0 Å². The molecule has 0 aliphatic heterocycles. The van der Waals surface area contributed by atoms with Gasteiger partial charge in [0.1, 0.15) is 11.2 Å². The smallest absolute Gasteiger partial charge is 0.164 e. The van der Waals surface area contributed by atoms with Gasteiger partial charge in [-0.2, -0.15) is 0 Å². The Morgan fingerprint density at radius 1 is 0.411 bits per heavy atom. The van der Waals surface area contributed by atoms with Crippen LogP contribution in [0.1, 0.15) is 0 Å². The molecule has 0 spiro atoms. The normalized spacial score (nSPS) is 11.6. The average molecular weight is 718 g/mol. The standard InChI is InChI=1S/C50H31N5O/c1-5-14-32(15-6-1)40-29-36(35-24-25-43-41(28-35)38-26-27-51-31-44(38)55(43)37-20-11-4-12-21-37)30-42-46-39(22-13-23-45(46)56-47(40)42)50-53-48(33-16-7-2-8-17-33)52-49(54-50)34-18-9-3-10-19-34/h1-31H. The monoisotopic (exact) mass is 717 g/mol. The van der Waals surface area contributed by atoms with Gasteiger partial charge in [-0.15, -0.1) is 0 Å². The minimum absolute atomic E-state index is 0.585. The van der Waals surface area contributed by atoms with Crippen LogP contribution in [0.4, 0.5) is 0 Å². The van der Waals surface area contributed by atoms with E-state index in [2.05, 4.69) is 101 Å². The molecule has 0 fully saturated rings. The molecule has 11 aromatic rings. The van der Waals surface area contributed by atoms with E-state index in [0.29, 0.717) is 17.5 Å². The molecule has 56 heavy (non-hydrogen) atoms. The first-order valence-electron chi connectivity index (χ1n) is 18.6. The number of benzene rings is 7. The maximum Gasteiger partial charge on any atom is 0.164 e. The molecular weight excluding hydrogens is 687 g/mol. The highest BCUT2D eigenvalue weighted by atomic mass is 16.3. The molecule has 4 heterocycles. The number of rotatable bonds is 6. The molecule has 7 aromatic carbocycles. The van der Waals surface area contributed by atoms with Gasteiger partial charge in [0.05, 0.1) is 17.2 Å². The maximum atomic E-state index is 6.82. The van der Waals surface area contributed by atoms with Crippen LogP contribution in [-0.4, -0.2) is 24.5 Å². The van der Waals surface area contributed by atoms with E-state index in [1.165, 1.54) is 0 Å². The van der Waals surface area contributed by atoms with E-state index in [0.717, 1.165) is 88.4 Å². The number of nitrogens with zero attached hydrogens (tertiary/aromatic N) is 5. The molecule has 11 rings (SSSR count). The number of para-hydroxylation sites is 1. The second-order valence-corrected chi connectivity index (χ2v) is 13.9. The molecule has 262 valence electrons. The number of aromatic nitrogens is 5. The molecule has 0 aliphatic carbocycles. The maximum absolute atomic E-state index is 6.82. The number of hydrogen-bond donors (Lipinski definition) is 0. The second-order valence-electron chi connectivity index (χ2n) is 13.9. The van der Waals surface area contributed by atoms with Crippen molar-refractivity contribution in [2.45, 2.75) is 0 Å². The molecule has 0 atom stereocenters. The van der Waals surface area contributed by atoms with E-state index in [1.807, 2.05) is 97.3 Å². The Labute approximate surface area is 322 Å². The summed E-state index contributed by atoms with van der Waals surface area (Å²) in [6.45, 7) is 0. The van der Waals surface area contributed by atoms with Gasteiger partial charge in [0.2, 0.25) is 0 Å². The summed E-state index contributed by atoms with van der Waals surface area (Å²) in [5.74, 6) is 1.81. The van der Waals surface area contributed by atoms with Crippen molar-refractivity contribution in [3.8, 4) is 62.1 Å². The van der Waals surface area contributed by atoms with Crippen LogP contribution in [0.25, 0.3) is 106 Å². The van der Waals surface area contributed by atoms with Gasteiger partial charge in [-0.1, -0.05) is 127 Å². The van der Waals surface area contributed by atoms with Gasteiger partial charge in [0, 0.05) is 55.7 Å². The zero-order chi connectivity index (χ0) is 37.0. The summed E-state index contributed by atoms with van der Waals surface area (Å²) in [6.07, 6.45) is 3.82. The number of hydrogen-bond acceptors (Lipinski definition) is 5. The molecule has 0 aliphatic rings. The summed E-state index contributed by atoms with van der Waals surface area (Å²) in [4.78, 5) is 19.7. The highest BCUT2D eigenvalue weighted by Gasteiger charge is 2.21. The summed E-state index contributed by atoms with van der Waals surface area (Å²) < 4.78 is 9.11. The van der Waals surface area contributed by atoms with E-state index < -0.39 is 0 Å². The molecular formula is C50H31N5O. The lowest BCUT2D eigenvalue weighted by Crippen LogP contribution is -2.00. The predicted molar refractivity (Wildman–Crippen MR) is 226 cm³/mol. The van der Waals surface area contributed by atoms with Crippen molar-refractivity contribution in [1.82, 2.24) is 24.5 Å². The van der Waals surface area contributed by atoms with Crippen LogP contribution in [0.5, 0.6) is 0 Å². The number of fused-ring (bicyclic) bond motifs is 6. The Morgan fingerprint density at radius 3 is 1.73 bits per heavy atom. The van der Waals surface area contributed by atoms with Crippen LogP contribution < -0.4 is 0 Å². The van der Waals surface area contributed by atoms with E-state index in [1.54, 1.807) is 0 Å². The Kier molecular flexibility index (Phi) is 7.38. The summed E-state index contributed by atoms with van der Waals surface area (Å²) in [6, 6.07) is 60.6. The lowest BCUT2D eigenvalue weighted by atomic mass is 9.94. The van der Waals surface area contributed by atoms with E-state index in [-0.39, 0.29) is 0 Å². The van der Waals surface area contributed by atoms with Crippen molar-refractivity contribution >= 4 is 43.7 Å². The summed E-state index contributed by atoms with van der Waals surface area (Å²) in [5, 5.41) is 4.26. The Morgan fingerprint density at radius 2 is 1.04 bits per heavy atom. The molecule has 0 N–H and O–H groups in total. The van der Waals surface area contributed by atoms with E-state index in [4.69, 9.17) is 19.4 Å². The fourth-order valence-corrected chi connectivity index (χ4v) is 7.95. The first kappa shape index (κ1) is 31.8. The van der Waals surface area contributed by atoms with Crippen LogP contribution in [0.15, 0.2) is 193 Å². The van der Waals surface area contributed by atoms with Gasteiger partial charge in [-0.05, 0) is 65.2 Å². The van der Waals surface area contributed by atoms with Crippen molar-refractivity contribution in [3.05, 3.63) is 188 Å².